The number of fused-ring (bicyclic) bond motifs is 1. The summed E-state index contributed by atoms with van der Waals surface area (Å²) in [7, 11) is 1.49. The lowest BCUT2D eigenvalue weighted by Crippen LogP contribution is -1.92. The number of ether oxygens (including phenoxy) is 1. The highest BCUT2D eigenvalue weighted by Crippen LogP contribution is 2.19. The molecule has 0 unspecified atom stereocenters. The zero-order chi connectivity index (χ0) is 9.42. The second-order valence-corrected chi connectivity index (χ2v) is 3.34. The van der Waals surface area contributed by atoms with Gasteiger partial charge in [-0.3, -0.25) is 0 Å². The van der Waals surface area contributed by atoms with E-state index in [0.717, 1.165) is 0 Å². The molecule has 0 saturated heterocycles. The minimum atomic E-state index is -0.349. The van der Waals surface area contributed by atoms with E-state index in [1.165, 1.54) is 17.7 Å². The van der Waals surface area contributed by atoms with Gasteiger partial charge in [-0.1, -0.05) is 0 Å². The van der Waals surface area contributed by atoms with Gasteiger partial charge >= 0.3 is 0 Å². The van der Waals surface area contributed by atoms with Crippen LogP contribution in [0.2, 0.25) is 0 Å². The van der Waals surface area contributed by atoms with E-state index < -0.39 is 0 Å². The van der Waals surface area contributed by atoms with E-state index in [1.807, 2.05) is 0 Å². The van der Waals surface area contributed by atoms with Crippen LogP contribution in [0.25, 0.3) is 5.52 Å². The van der Waals surface area contributed by atoms with Crippen molar-refractivity contribution < 1.29 is 9.13 Å². The Balaban J connectivity index is 2.75. The molecule has 0 N–H and O–H groups in total. The molecule has 2 aromatic rings. The third kappa shape index (κ3) is 1.39. The third-order valence-corrected chi connectivity index (χ3v) is 2.09. The Labute approximate surface area is 82.2 Å². The second kappa shape index (κ2) is 2.99. The minimum Gasteiger partial charge on any atom is -0.495 e. The first-order valence-electron chi connectivity index (χ1n) is 3.59. The van der Waals surface area contributed by atoms with E-state index in [2.05, 4.69) is 21.0 Å². The van der Waals surface area contributed by atoms with Crippen LogP contribution in [0.15, 0.2) is 22.9 Å². The van der Waals surface area contributed by atoms with Gasteiger partial charge in [-0.25, -0.2) is 8.91 Å². The van der Waals surface area contributed by atoms with Crippen molar-refractivity contribution in [3.8, 4) is 5.75 Å². The number of rotatable bonds is 1. The monoisotopic (exact) mass is 244 g/mol. The zero-order valence-electron chi connectivity index (χ0n) is 6.79. The van der Waals surface area contributed by atoms with Crippen LogP contribution in [0.4, 0.5) is 4.39 Å². The van der Waals surface area contributed by atoms with Crippen molar-refractivity contribution in [1.29, 1.82) is 0 Å². The lowest BCUT2D eigenvalue weighted by molar-refractivity contribution is 0.408. The number of methoxy groups -OCH3 is 1. The molecule has 0 spiro atoms. The van der Waals surface area contributed by atoms with E-state index in [-0.39, 0.29) is 5.82 Å². The Bertz CT molecular complexity index is 455. The topological polar surface area (TPSA) is 26.5 Å². The molecule has 13 heavy (non-hydrogen) atoms. The standard InChI is InChI=1S/C8H6BrFN2O/c1-13-5-2-6(10)7-3-8(9)11-12(7)4-5/h2-4H,1H3. The first kappa shape index (κ1) is 8.50. The number of nitrogens with zero attached hydrogens (tertiary/aromatic N) is 2. The first-order valence-corrected chi connectivity index (χ1v) is 4.38. The highest BCUT2D eigenvalue weighted by atomic mass is 79.9. The summed E-state index contributed by atoms with van der Waals surface area (Å²) in [5.74, 6) is 0.0955. The molecule has 0 fully saturated rings. The van der Waals surface area contributed by atoms with Crippen LogP contribution in [0.5, 0.6) is 5.75 Å². The number of hydrogen-bond acceptors (Lipinski definition) is 2. The van der Waals surface area contributed by atoms with Gasteiger partial charge in [0.25, 0.3) is 0 Å². The molecule has 0 aromatic carbocycles. The molecule has 0 bridgehead atoms. The summed E-state index contributed by atoms with van der Waals surface area (Å²) in [5, 5.41) is 4.00. The fourth-order valence-electron chi connectivity index (χ4n) is 1.11. The molecule has 0 amide bonds. The minimum absolute atomic E-state index is 0.349. The fourth-order valence-corrected chi connectivity index (χ4v) is 1.50. The lowest BCUT2D eigenvalue weighted by atomic mass is 10.4. The summed E-state index contributed by atoms with van der Waals surface area (Å²) in [6.45, 7) is 0. The summed E-state index contributed by atoms with van der Waals surface area (Å²) in [5.41, 5.74) is 0.424. The van der Waals surface area contributed by atoms with Gasteiger partial charge in [0, 0.05) is 12.1 Å². The average Bonchev–Trinajstić information content (AvgIpc) is 2.46. The number of hydrogen-bond donors (Lipinski definition) is 0. The van der Waals surface area contributed by atoms with Crippen LogP contribution >= 0.6 is 15.9 Å². The van der Waals surface area contributed by atoms with E-state index >= 15 is 0 Å². The molecule has 0 atom stereocenters. The molecule has 5 heteroatoms. The van der Waals surface area contributed by atoms with Crippen molar-refractivity contribution in [1.82, 2.24) is 9.61 Å². The van der Waals surface area contributed by atoms with Gasteiger partial charge in [-0.05, 0) is 15.9 Å². The molecule has 68 valence electrons. The first-order chi connectivity index (χ1) is 6.20. The predicted octanol–water partition coefficient (Wildman–Crippen LogP) is 2.24. The largest absolute Gasteiger partial charge is 0.495 e. The number of halogens is 2. The van der Waals surface area contributed by atoms with Crippen LogP contribution in [-0.2, 0) is 0 Å². The molecule has 2 aromatic heterocycles. The Morgan fingerprint density at radius 3 is 3.00 bits per heavy atom. The van der Waals surface area contributed by atoms with Gasteiger partial charge in [-0.2, -0.15) is 5.10 Å². The van der Waals surface area contributed by atoms with Crippen LogP contribution in [0, 0.1) is 5.82 Å². The maximum absolute atomic E-state index is 13.3. The maximum atomic E-state index is 13.3. The SMILES string of the molecule is COc1cc(F)c2cc(Br)nn2c1. The van der Waals surface area contributed by atoms with Crippen molar-refractivity contribution in [2.45, 2.75) is 0 Å². The van der Waals surface area contributed by atoms with Gasteiger partial charge in [0.15, 0.2) is 5.82 Å². The Hall–Kier alpha value is -1.10. The molecule has 3 nitrogen and oxygen atoms in total. The maximum Gasteiger partial charge on any atom is 0.152 e. The highest BCUT2D eigenvalue weighted by Gasteiger charge is 2.06. The van der Waals surface area contributed by atoms with Crippen molar-refractivity contribution in [2.24, 2.45) is 0 Å². The summed E-state index contributed by atoms with van der Waals surface area (Å²) < 4.78 is 20.2. The molecule has 0 aliphatic carbocycles. The van der Waals surface area contributed by atoms with Crippen molar-refractivity contribution >= 4 is 21.4 Å². The number of pyridine rings is 1. The molecule has 2 heterocycles. The molecule has 0 aliphatic rings. The quantitative estimate of drug-likeness (QED) is 0.770. The number of aromatic nitrogens is 2. The molecular weight excluding hydrogens is 239 g/mol. The Morgan fingerprint density at radius 2 is 2.31 bits per heavy atom. The fraction of sp³-hybridized carbons (Fsp3) is 0.125. The summed E-state index contributed by atoms with van der Waals surface area (Å²) in [4.78, 5) is 0. The van der Waals surface area contributed by atoms with Gasteiger partial charge in [0.05, 0.1) is 13.3 Å². The molecule has 0 radical (unpaired) electrons. The van der Waals surface area contributed by atoms with Crippen molar-refractivity contribution in [3.63, 3.8) is 0 Å². The predicted molar refractivity (Wildman–Crippen MR) is 49.4 cm³/mol. The average molecular weight is 245 g/mol. The van der Waals surface area contributed by atoms with Gasteiger partial charge < -0.3 is 4.74 Å². The van der Waals surface area contributed by atoms with E-state index in [4.69, 9.17) is 4.74 Å². The summed E-state index contributed by atoms with van der Waals surface area (Å²) in [6, 6.07) is 2.93. The van der Waals surface area contributed by atoms with E-state index in [1.54, 1.807) is 12.3 Å². The van der Waals surface area contributed by atoms with Crippen molar-refractivity contribution in [2.75, 3.05) is 7.11 Å². The third-order valence-electron chi connectivity index (χ3n) is 1.70. The van der Waals surface area contributed by atoms with Gasteiger partial charge in [-0.15, -0.1) is 0 Å². The molecule has 0 aliphatic heterocycles. The van der Waals surface area contributed by atoms with Crippen LogP contribution < -0.4 is 4.74 Å². The zero-order valence-corrected chi connectivity index (χ0v) is 8.38. The highest BCUT2D eigenvalue weighted by molar-refractivity contribution is 9.10. The van der Waals surface area contributed by atoms with Crippen LogP contribution in [0.1, 0.15) is 0 Å². The summed E-state index contributed by atoms with van der Waals surface area (Å²) in [6.07, 6.45) is 1.61. The normalized spacial score (nSPS) is 10.7. The van der Waals surface area contributed by atoms with Gasteiger partial charge in [0.2, 0.25) is 0 Å². The van der Waals surface area contributed by atoms with E-state index in [0.29, 0.717) is 15.9 Å². The lowest BCUT2D eigenvalue weighted by Gasteiger charge is -2.00. The van der Waals surface area contributed by atoms with E-state index in [9.17, 15) is 4.39 Å². The molecular formula is C8H6BrFN2O. The Kier molecular flexibility index (Phi) is 1.95. The molecule has 2 rings (SSSR count). The van der Waals surface area contributed by atoms with Crippen LogP contribution in [-0.4, -0.2) is 16.7 Å². The van der Waals surface area contributed by atoms with Gasteiger partial charge in [0.1, 0.15) is 15.9 Å². The van der Waals surface area contributed by atoms with Crippen LogP contribution in [0.3, 0.4) is 0 Å². The Morgan fingerprint density at radius 1 is 1.54 bits per heavy atom. The van der Waals surface area contributed by atoms with Crippen molar-refractivity contribution in [3.05, 3.63) is 28.7 Å². The summed E-state index contributed by atoms with van der Waals surface area (Å²) >= 11 is 3.17. The molecule has 0 saturated carbocycles. The smallest absolute Gasteiger partial charge is 0.152 e. The second-order valence-electron chi connectivity index (χ2n) is 2.52.